The predicted octanol–water partition coefficient (Wildman–Crippen LogP) is -1.82. The van der Waals surface area contributed by atoms with Crippen molar-refractivity contribution >= 4 is 67.4 Å². The van der Waals surface area contributed by atoms with Gasteiger partial charge in [-0.15, -0.1) is 0 Å². The number of rotatable bonds is 19. The summed E-state index contributed by atoms with van der Waals surface area (Å²) in [5, 5.41) is 39.3. The summed E-state index contributed by atoms with van der Waals surface area (Å²) >= 11 is 5.88. The number of carbonyl (C=O) groups excluding carboxylic acids is 5. The van der Waals surface area contributed by atoms with E-state index in [-0.39, 0.29) is 96.5 Å². The zero-order valence-electron chi connectivity index (χ0n) is 32.4. The van der Waals surface area contributed by atoms with Crippen LogP contribution in [-0.2, 0) is 30.4 Å². The number of aldehydes is 1. The number of aliphatic carboxylic acids is 3. The molecule has 1 saturated heterocycles. The zero-order valence-corrected chi connectivity index (χ0v) is 35.6. The maximum atomic E-state index is 13.1. The van der Waals surface area contributed by atoms with Gasteiger partial charge < -0.3 is 50.5 Å². The Morgan fingerprint density at radius 3 is 1.88 bits per heavy atom. The molecule has 0 saturated carbocycles. The van der Waals surface area contributed by atoms with Gasteiger partial charge in [0.1, 0.15) is 18.1 Å². The second-order valence-corrected chi connectivity index (χ2v) is 14.3. The zero-order chi connectivity index (χ0) is 40.4. The van der Waals surface area contributed by atoms with Gasteiger partial charge in [-0.25, -0.2) is 0 Å². The van der Waals surface area contributed by atoms with Crippen molar-refractivity contribution in [2.75, 3.05) is 85.1 Å². The number of carboxylic acid groups (broad SMARTS) is 3. The maximum absolute atomic E-state index is 13.1. The summed E-state index contributed by atoms with van der Waals surface area (Å²) in [4.78, 5) is 78.9. The summed E-state index contributed by atoms with van der Waals surface area (Å²) in [6.07, 6.45) is 1.80. The Bertz CT molecular complexity index is 1590. The van der Waals surface area contributed by atoms with Crippen LogP contribution in [0.4, 0.5) is 0 Å². The molecule has 1 heterocycles. The van der Waals surface area contributed by atoms with Crippen molar-refractivity contribution in [3.8, 4) is 5.75 Å². The molecule has 2 aromatic carbocycles. The van der Waals surface area contributed by atoms with Gasteiger partial charge >= 0.3 is 25.8 Å². The first kappa shape index (κ1) is 51.0. The molecule has 2 amide bonds. The summed E-state index contributed by atoms with van der Waals surface area (Å²) in [6.45, 7) is 5.08. The van der Waals surface area contributed by atoms with E-state index in [4.69, 9.17) is 16.3 Å². The molecule has 1 unspecified atom stereocenters. The summed E-state index contributed by atoms with van der Waals surface area (Å²) in [5.74, 6) is -3.80. The van der Waals surface area contributed by atoms with Crippen molar-refractivity contribution < 1.29 is 54.3 Å². The van der Waals surface area contributed by atoms with Crippen LogP contribution in [0.25, 0.3) is 0 Å². The second kappa shape index (κ2) is 26.1. The molecule has 0 aromatic heterocycles. The van der Waals surface area contributed by atoms with Crippen LogP contribution in [0.5, 0.6) is 5.75 Å². The molecule has 2 aromatic rings. The first-order valence-corrected chi connectivity index (χ1v) is 18.6. The smallest absolute Gasteiger partial charge is 0.870 e. The normalized spacial score (nSPS) is 15.6. The molecule has 1 fully saturated rings. The molecule has 1 aliphatic heterocycles. The van der Waals surface area contributed by atoms with Crippen molar-refractivity contribution in [1.29, 1.82) is 0 Å². The number of nitrogens with one attached hydrogen (secondary N) is 2. The Hall–Kier alpha value is -4.01. The summed E-state index contributed by atoms with van der Waals surface area (Å²) in [6, 6.07) is 12.8. The van der Waals surface area contributed by atoms with Gasteiger partial charge in [0.25, 0.3) is 11.8 Å². The molecular weight excluding hydrogens is 822 g/mol. The van der Waals surface area contributed by atoms with Crippen molar-refractivity contribution in [2.24, 2.45) is 0 Å². The van der Waals surface area contributed by atoms with E-state index >= 15 is 0 Å². The molecule has 0 bridgehead atoms. The third kappa shape index (κ3) is 18.9. The minimum Gasteiger partial charge on any atom is -0.870 e. The monoisotopic (exact) mass is 872 g/mol. The Kier molecular flexibility index (Phi) is 23.3. The van der Waals surface area contributed by atoms with Crippen LogP contribution < -0.4 is 25.6 Å². The predicted molar refractivity (Wildman–Crippen MR) is 207 cm³/mol. The van der Waals surface area contributed by atoms with Crippen molar-refractivity contribution in [1.82, 2.24) is 30.2 Å². The van der Waals surface area contributed by atoms with E-state index in [1.165, 1.54) is 0 Å². The number of hydrogen-bond acceptors (Lipinski definition) is 14. The van der Waals surface area contributed by atoms with E-state index in [1.54, 1.807) is 69.8 Å². The van der Waals surface area contributed by atoms with Crippen molar-refractivity contribution in [2.45, 2.75) is 44.8 Å². The van der Waals surface area contributed by atoms with E-state index in [1.807, 2.05) is 12.1 Å². The molecule has 17 nitrogen and oxygen atoms in total. The molecule has 0 spiro atoms. The Labute approximate surface area is 351 Å². The standard InChI is InChI=1S/C38H53ClN6O10.Ga.H2O/c1-38(2,55-31-11-5-28(6-12-31)13-15-40-35(51)29-7-9-30(39)10-8-29)37(54)41-14-3-4-32(36(52)53)45-22-20-42(24-25-46)16-17-43(26-33(47)48)18-19-44(21-23-45)27-34(49)50;;/h5-12,25,32H,3-4,13-24,26-27H2,1-2H3,(H,40,51)(H,41,54)(H,47,48)(H,49,50)(H,52,53);;1H2/q;+3;/p-3. The Morgan fingerprint density at radius 2 is 1.35 bits per heavy atom. The van der Waals surface area contributed by atoms with E-state index in [0.29, 0.717) is 48.8 Å². The van der Waals surface area contributed by atoms with Crippen LogP contribution in [0.2, 0.25) is 5.02 Å². The van der Waals surface area contributed by atoms with Gasteiger partial charge in [-0.05, 0) is 75.1 Å². The Balaban J connectivity index is 0.00000812. The number of amides is 2. The van der Waals surface area contributed by atoms with E-state index in [9.17, 15) is 44.1 Å². The number of halogens is 1. The van der Waals surface area contributed by atoms with Crippen LogP contribution in [0.1, 0.15) is 42.6 Å². The quantitative estimate of drug-likeness (QED) is 0.0800. The van der Waals surface area contributed by atoms with Crippen LogP contribution in [-0.4, -0.2) is 183 Å². The number of benzene rings is 2. The van der Waals surface area contributed by atoms with Gasteiger partial charge in [-0.3, -0.25) is 34.0 Å². The number of nitrogens with zero attached hydrogens (tertiary/aromatic N) is 4. The molecule has 4 N–H and O–H groups in total. The molecule has 0 radical (unpaired) electrons. The minimum absolute atomic E-state index is 0. The van der Waals surface area contributed by atoms with Gasteiger partial charge in [-0.2, -0.15) is 0 Å². The van der Waals surface area contributed by atoms with E-state index < -0.39 is 42.0 Å². The topological polar surface area (TPSA) is 245 Å². The largest absolute Gasteiger partial charge is 3.00 e. The molecule has 19 heteroatoms. The van der Waals surface area contributed by atoms with Crippen molar-refractivity contribution in [3.05, 3.63) is 64.7 Å². The summed E-state index contributed by atoms with van der Waals surface area (Å²) in [5.41, 5.74) is 0.221. The first-order valence-electron chi connectivity index (χ1n) is 18.2. The second-order valence-electron chi connectivity index (χ2n) is 13.8. The van der Waals surface area contributed by atoms with Gasteiger partial charge in [0.05, 0.1) is 18.5 Å². The SMILES string of the molecule is CC(C)(Oc1ccc(CCNC(=O)c2ccc(Cl)cc2)cc1)C(=O)NCCCC(C(=O)O)N1CCN(CC=O)CCN(CC(=O)[O-])CCN(CC(=O)[O-])CC1.[Ga+3].[OH-]. The maximum Gasteiger partial charge on any atom is 3.00 e. The first-order chi connectivity index (χ1) is 26.2. The summed E-state index contributed by atoms with van der Waals surface area (Å²) < 4.78 is 5.99. The number of ether oxygens (including phenoxy) is 1. The molecule has 1 aliphatic rings. The Morgan fingerprint density at radius 1 is 0.825 bits per heavy atom. The van der Waals surface area contributed by atoms with Crippen LogP contribution in [0, 0.1) is 0 Å². The van der Waals surface area contributed by atoms with Crippen LogP contribution >= 0.6 is 11.6 Å². The van der Waals surface area contributed by atoms with Gasteiger partial charge in [0.15, 0.2) is 5.60 Å². The third-order valence-corrected chi connectivity index (χ3v) is 9.48. The summed E-state index contributed by atoms with van der Waals surface area (Å²) in [7, 11) is 0. The molecule has 310 valence electrons. The number of carboxylic acids is 3. The van der Waals surface area contributed by atoms with Crippen molar-refractivity contribution in [3.63, 3.8) is 0 Å². The molecule has 3 rings (SSSR count). The average Bonchev–Trinajstić information content (AvgIpc) is 3.12. The molecule has 57 heavy (non-hydrogen) atoms. The number of carbonyl (C=O) groups is 6. The van der Waals surface area contributed by atoms with Gasteiger partial charge in [0, 0.05) is 89.1 Å². The fourth-order valence-corrected chi connectivity index (χ4v) is 6.22. The van der Waals surface area contributed by atoms with Crippen LogP contribution in [0.3, 0.4) is 0 Å². The van der Waals surface area contributed by atoms with E-state index in [0.717, 1.165) is 11.8 Å². The average molecular weight is 874 g/mol. The fourth-order valence-electron chi connectivity index (χ4n) is 6.09. The molecule has 0 aliphatic carbocycles. The number of hydrogen-bond donors (Lipinski definition) is 3. The molecule has 1 atom stereocenters. The fraction of sp³-hybridized carbons (Fsp3) is 0.526. The molecular formula is C38H52ClGaN6O11. The third-order valence-electron chi connectivity index (χ3n) is 9.22. The van der Waals surface area contributed by atoms with Gasteiger partial charge in [-0.1, -0.05) is 23.7 Å². The van der Waals surface area contributed by atoms with Gasteiger partial charge in [0.2, 0.25) is 0 Å². The van der Waals surface area contributed by atoms with Crippen LogP contribution in [0.15, 0.2) is 48.5 Å². The van der Waals surface area contributed by atoms with E-state index in [2.05, 4.69) is 10.6 Å². The minimum atomic E-state index is -1.31.